The minimum absolute atomic E-state index is 0.130. The monoisotopic (exact) mass is 296 g/mol. The van der Waals surface area contributed by atoms with Gasteiger partial charge in [-0.05, 0) is 26.7 Å². The van der Waals surface area contributed by atoms with Crippen LogP contribution in [0.15, 0.2) is 0 Å². The van der Waals surface area contributed by atoms with Crippen LogP contribution >= 0.6 is 0 Å². The van der Waals surface area contributed by atoms with Crippen LogP contribution in [0.2, 0.25) is 0 Å². The van der Waals surface area contributed by atoms with Gasteiger partial charge in [0.2, 0.25) is 5.91 Å². The second-order valence-corrected chi connectivity index (χ2v) is 4.77. The number of ether oxygens (including phenoxy) is 1. The summed E-state index contributed by atoms with van der Waals surface area (Å²) in [4.78, 5) is 23.9. The fourth-order valence-electron chi connectivity index (χ4n) is 1.96. The van der Waals surface area contributed by atoms with E-state index in [4.69, 9.17) is 4.74 Å². The van der Waals surface area contributed by atoms with Gasteiger partial charge in [-0.15, -0.1) is 5.10 Å². The summed E-state index contributed by atoms with van der Waals surface area (Å²) in [6.45, 7) is 8.36. The number of nitrogens with zero attached hydrogens (tertiary/aromatic N) is 3. The van der Waals surface area contributed by atoms with Gasteiger partial charge in [0.25, 0.3) is 0 Å². The molecule has 0 spiro atoms. The van der Waals surface area contributed by atoms with Crippen LogP contribution in [0.1, 0.15) is 62.8 Å². The van der Waals surface area contributed by atoms with E-state index in [1.165, 1.54) is 4.68 Å². The molecule has 1 aromatic heterocycles. The second-order valence-electron chi connectivity index (χ2n) is 4.77. The Bertz CT molecular complexity index is 485. The zero-order valence-corrected chi connectivity index (χ0v) is 13.2. The van der Waals surface area contributed by atoms with E-state index in [1.807, 2.05) is 13.8 Å². The number of rotatable bonds is 8. The molecular weight excluding hydrogens is 272 g/mol. The summed E-state index contributed by atoms with van der Waals surface area (Å²) < 4.78 is 6.49. The van der Waals surface area contributed by atoms with Crippen LogP contribution < -0.4 is 5.32 Å². The largest absolute Gasteiger partial charge is 0.461 e. The number of hydrogen-bond donors (Lipinski definition) is 1. The number of carbonyl (C=O) groups excluding carboxylic acids is 2. The summed E-state index contributed by atoms with van der Waals surface area (Å²) in [5, 5.41) is 10.7. The summed E-state index contributed by atoms with van der Waals surface area (Å²) in [6, 6.07) is -0.506. The van der Waals surface area contributed by atoms with Crippen molar-refractivity contribution < 1.29 is 14.3 Å². The van der Waals surface area contributed by atoms with Gasteiger partial charge in [0, 0.05) is 6.54 Å². The molecule has 1 atom stereocenters. The van der Waals surface area contributed by atoms with E-state index >= 15 is 0 Å². The molecule has 7 nitrogen and oxygen atoms in total. The molecule has 0 saturated heterocycles. The molecular formula is C14H24N4O3. The van der Waals surface area contributed by atoms with E-state index in [-0.39, 0.29) is 18.2 Å². The van der Waals surface area contributed by atoms with Crippen molar-refractivity contribution in [3.63, 3.8) is 0 Å². The smallest absolute Gasteiger partial charge is 0.360 e. The van der Waals surface area contributed by atoms with E-state index < -0.39 is 12.0 Å². The van der Waals surface area contributed by atoms with Gasteiger partial charge < -0.3 is 10.1 Å². The molecule has 1 N–H and O–H groups in total. The molecule has 0 aromatic carbocycles. The number of hydrogen-bond acceptors (Lipinski definition) is 5. The molecule has 1 aromatic rings. The van der Waals surface area contributed by atoms with Gasteiger partial charge in [0.15, 0.2) is 5.69 Å². The third kappa shape index (κ3) is 4.27. The molecule has 1 rings (SSSR count). The number of nitrogens with one attached hydrogen (secondary N) is 1. The SMILES string of the molecule is CCCNC(=O)C(C)n1nnc(C(=O)OCC)c1CCC. The van der Waals surface area contributed by atoms with Crippen molar-refractivity contribution in [2.45, 2.75) is 53.0 Å². The van der Waals surface area contributed by atoms with Crippen molar-refractivity contribution in [1.82, 2.24) is 20.3 Å². The van der Waals surface area contributed by atoms with Crippen molar-refractivity contribution in [3.8, 4) is 0 Å². The molecule has 1 unspecified atom stereocenters. The first-order valence-electron chi connectivity index (χ1n) is 7.45. The van der Waals surface area contributed by atoms with Crippen LogP contribution in [0.25, 0.3) is 0 Å². The van der Waals surface area contributed by atoms with Crippen LogP contribution in [0.5, 0.6) is 0 Å². The number of amides is 1. The molecule has 0 saturated carbocycles. The van der Waals surface area contributed by atoms with Crippen molar-refractivity contribution >= 4 is 11.9 Å². The number of carbonyl (C=O) groups is 2. The van der Waals surface area contributed by atoms with E-state index in [1.54, 1.807) is 13.8 Å². The summed E-state index contributed by atoms with van der Waals surface area (Å²) in [5.41, 5.74) is 0.851. The third-order valence-corrected chi connectivity index (χ3v) is 3.04. The maximum atomic E-state index is 12.0. The van der Waals surface area contributed by atoms with E-state index in [0.717, 1.165) is 12.8 Å². The molecule has 1 amide bonds. The molecule has 0 aliphatic heterocycles. The Balaban J connectivity index is 3.01. The van der Waals surface area contributed by atoms with E-state index in [2.05, 4.69) is 15.6 Å². The Morgan fingerprint density at radius 3 is 2.57 bits per heavy atom. The van der Waals surface area contributed by atoms with Crippen LogP contribution in [-0.4, -0.2) is 40.0 Å². The van der Waals surface area contributed by atoms with Gasteiger partial charge in [-0.25, -0.2) is 9.48 Å². The van der Waals surface area contributed by atoms with Crippen LogP contribution in [-0.2, 0) is 16.0 Å². The summed E-state index contributed by atoms with van der Waals surface area (Å²) in [7, 11) is 0. The molecule has 0 aliphatic carbocycles. The molecule has 0 bridgehead atoms. The van der Waals surface area contributed by atoms with Crippen LogP contribution in [0.4, 0.5) is 0 Å². The third-order valence-electron chi connectivity index (χ3n) is 3.04. The molecule has 1 heterocycles. The lowest BCUT2D eigenvalue weighted by molar-refractivity contribution is -0.124. The van der Waals surface area contributed by atoms with Gasteiger partial charge >= 0.3 is 5.97 Å². The summed E-state index contributed by atoms with van der Waals surface area (Å²) >= 11 is 0. The van der Waals surface area contributed by atoms with Gasteiger partial charge in [0.05, 0.1) is 12.3 Å². The second kappa shape index (κ2) is 8.39. The van der Waals surface area contributed by atoms with Gasteiger partial charge in [-0.2, -0.15) is 0 Å². The standard InChI is InChI=1S/C14H24N4O3/c1-5-8-11-12(14(20)21-7-3)16-17-18(11)10(4)13(19)15-9-6-2/h10H,5-9H2,1-4H3,(H,15,19). The number of aromatic nitrogens is 3. The normalized spacial score (nSPS) is 12.0. The average Bonchev–Trinajstić information content (AvgIpc) is 2.88. The van der Waals surface area contributed by atoms with Crippen LogP contribution in [0.3, 0.4) is 0 Å². The Labute approximate surface area is 125 Å². The quantitative estimate of drug-likeness (QED) is 0.735. The molecule has 0 fully saturated rings. The zero-order chi connectivity index (χ0) is 15.8. The molecule has 21 heavy (non-hydrogen) atoms. The lowest BCUT2D eigenvalue weighted by atomic mass is 10.2. The summed E-state index contributed by atoms with van der Waals surface area (Å²) in [5.74, 6) is -0.622. The Morgan fingerprint density at radius 2 is 2.00 bits per heavy atom. The first-order valence-corrected chi connectivity index (χ1v) is 7.45. The van der Waals surface area contributed by atoms with Gasteiger partial charge in [0.1, 0.15) is 6.04 Å². The molecule has 7 heteroatoms. The van der Waals surface area contributed by atoms with Gasteiger partial charge in [-0.3, -0.25) is 4.79 Å². The van der Waals surface area contributed by atoms with Crippen molar-refractivity contribution in [2.75, 3.05) is 13.2 Å². The van der Waals surface area contributed by atoms with Crippen molar-refractivity contribution in [2.24, 2.45) is 0 Å². The Morgan fingerprint density at radius 1 is 1.29 bits per heavy atom. The lowest BCUT2D eigenvalue weighted by Gasteiger charge is -2.14. The maximum absolute atomic E-state index is 12.0. The maximum Gasteiger partial charge on any atom is 0.360 e. The highest BCUT2D eigenvalue weighted by Gasteiger charge is 2.25. The molecule has 0 aliphatic rings. The fourth-order valence-corrected chi connectivity index (χ4v) is 1.96. The predicted molar refractivity (Wildman–Crippen MR) is 78.0 cm³/mol. The highest BCUT2D eigenvalue weighted by molar-refractivity contribution is 5.88. The zero-order valence-electron chi connectivity index (χ0n) is 13.2. The highest BCUT2D eigenvalue weighted by atomic mass is 16.5. The minimum atomic E-state index is -0.506. The van der Waals surface area contributed by atoms with Crippen molar-refractivity contribution in [1.29, 1.82) is 0 Å². The predicted octanol–water partition coefficient (Wildman–Crippen LogP) is 1.49. The topological polar surface area (TPSA) is 86.1 Å². The fraction of sp³-hybridized carbons (Fsp3) is 0.714. The first kappa shape index (κ1) is 17.1. The van der Waals surface area contributed by atoms with Crippen molar-refractivity contribution in [3.05, 3.63) is 11.4 Å². The van der Waals surface area contributed by atoms with E-state index in [9.17, 15) is 9.59 Å². The van der Waals surface area contributed by atoms with E-state index in [0.29, 0.717) is 18.7 Å². The highest BCUT2D eigenvalue weighted by Crippen LogP contribution is 2.15. The number of esters is 1. The lowest BCUT2D eigenvalue weighted by Crippen LogP contribution is -2.32. The Hall–Kier alpha value is -1.92. The molecule has 0 radical (unpaired) electrons. The van der Waals surface area contributed by atoms with Crippen LogP contribution in [0, 0.1) is 0 Å². The minimum Gasteiger partial charge on any atom is -0.461 e. The average molecular weight is 296 g/mol. The van der Waals surface area contributed by atoms with Gasteiger partial charge in [-0.1, -0.05) is 25.5 Å². The summed E-state index contributed by atoms with van der Waals surface area (Å²) in [6.07, 6.45) is 2.31. The Kier molecular flexibility index (Phi) is 6.84. The molecule has 118 valence electrons. The first-order chi connectivity index (χ1) is 10.1.